The van der Waals surface area contributed by atoms with Crippen molar-refractivity contribution in [3.63, 3.8) is 0 Å². The number of pyridine rings is 1. The summed E-state index contributed by atoms with van der Waals surface area (Å²) in [7, 11) is -3.32. The monoisotopic (exact) mass is 341 g/mol. The highest BCUT2D eigenvalue weighted by Crippen LogP contribution is 2.16. The molecular weight excluding hydrogens is 318 g/mol. The van der Waals surface area contributed by atoms with Gasteiger partial charge in [0.1, 0.15) is 0 Å². The zero-order chi connectivity index (χ0) is 16.9. The van der Waals surface area contributed by atoms with Gasteiger partial charge < -0.3 is 10.1 Å². The number of carbonyl (C=O) groups is 1. The molecule has 0 aliphatic carbocycles. The molecule has 0 atom stereocenters. The number of hydrogen-bond donors (Lipinski definition) is 1. The summed E-state index contributed by atoms with van der Waals surface area (Å²) in [6.07, 6.45) is 4.20. The Balaban J connectivity index is 1.94. The third-order valence-corrected chi connectivity index (χ3v) is 5.23. The fourth-order valence-corrected chi connectivity index (χ4v) is 3.87. The summed E-state index contributed by atoms with van der Waals surface area (Å²) in [6, 6.07) is 3.34. The summed E-state index contributed by atoms with van der Waals surface area (Å²) >= 11 is 0. The molecule has 0 radical (unpaired) electrons. The SMILES string of the molecule is Cc1ncccc1C(=O)NCCN(C1CCOCC1)S(C)(=O)=O. The number of ether oxygens (including phenoxy) is 1. The lowest BCUT2D eigenvalue weighted by molar-refractivity contribution is 0.0585. The normalized spacial score (nSPS) is 16.5. The molecule has 1 amide bonds. The van der Waals surface area contributed by atoms with Gasteiger partial charge in [-0.25, -0.2) is 8.42 Å². The van der Waals surface area contributed by atoms with Crippen molar-refractivity contribution in [2.24, 2.45) is 0 Å². The third kappa shape index (κ3) is 4.98. The van der Waals surface area contributed by atoms with Crippen molar-refractivity contribution in [3.8, 4) is 0 Å². The molecule has 0 bridgehead atoms. The van der Waals surface area contributed by atoms with Crippen LogP contribution in [0, 0.1) is 6.92 Å². The Morgan fingerprint density at radius 1 is 1.43 bits per heavy atom. The summed E-state index contributed by atoms with van der Waals surface area (Å²) < 4.78 is 30.7. The minimum Gasteiger partial charge on any atom is -0.381 e. The summed E-state index contributed by atoms with van der Waals surface area (Å²) in [6.45, 7) is 3.42. The molecular formula is C15H23N3O4S. The number of aromatic nitrogens is 1. The van der Waals surface area contributed by atoms with Gasteiger partial charge >= 0.3 is 0 Å². The maximum Gasteiger partial charge on any atom is 0.253 e. The second-order valence-corrected chi connectivity index (χ2v) is 7.54. The largest absolute Gasteiger partial charge is 0.381 e. The van der Waals surface area contributed by atoms with Crippen molar-refractivity contribution in [3.05, 3.63) is 29.6 Å². The van der Waals surface area contributed by atoms with Crippen molar-refractivity contribution in [2.45, 2.75) is 25.8 Å². The fourth-order valence-electron chi connectivity index (χ4n) is 2.69. The lowest BCUT2D eigenvalue weighted by Crippen LogP contribution is -2.46. The van der Waals surface area contributed by atoms with Gasteiger partial charge in [0.25, 0.3) is 5.91 Å². The smallest absolute Gasteiger partial charge is 0.253 e. The highest BCUT2D eigenvalue weighted by molar-refractivity contribution is 7.88. The number of rotatable bonds is 6. The molecule has 1 fully saturated rings. The molecule has 1 N–H and O–H groups in total. The van der Waals surface area contributed by atoms with E-state index in [2.05, 4.69) is 10.3 Å². The molecule has 2 rings (SSSR count). The number of nitrogens with zero attached hydrogens (tertiary/aromatic N) is 2. The van der Waals surface area contributed by atoms with Gasteiger partial charge in [-0.3, -0.25) is 9.78 Å². The number of carbonyl (C=O) groups excluding carboxylic acids is 1. The molecule has 8 heteroatoms. The van der Waals surface area contributed by atoms with Gasteiger partial charge in [0, 0.05) is 44.2 Å². The summed E-state index contributed by atoms with van der Waals surface area (Å²) in [5.74, 6) is -0.240. The van der Waals surface area contributed by atoms with Crippen molar-refractivity contribution in [1.29, 1.82) is 0 Å². The zero-order valence-corrected chi connectivity index (χ0v) is 14.3. The second-order valence-electron chi connectivity index (χ2n) is 5.61. The lowest BCUT2D eigenvalue weighted by atomic mass is 10.1. The summed E-state index contributed by atoms with van der Waals surface area (Å²) in [4.78, 5) is 16.2. The van der Waals surface area contributed by atoms with Gasteiger partial charge in [0.05, 0.1) is 11.8 Å². The van der Waals surface area contributed by atoms with E-state index in [4.69, 9.17) is 4.74 Å². The second kappa shape index (κ2) is 7.85. The number of amides is 1. The van der Waals surface area contributed by atoms with Crippen LogP contribution >= 0.6 is 0 Å². The van der Waals surface area contributed by atoms with E-state index in [0.717, 1.165) is 0 Å². The predicted octanol–water partition coefficient (Wildman–Crippen LogP) is 0.560. The molecule has 1 aromatic heterocycles. The van der Waals surface area contributed by atoms with E-state index in [9.17, 15) is 13.2 Å². The van der Waals surface area contributed by atoms with Crippen LogP contribution in [0.3, 0.4) is 0 Å². The molecule has 0 spiro atoms. The van der Waals surface area contributed by atoms with Crippen LogP contribution in [0.25, 0.3) is 0 Å². The Labute approximate surface area is 137 Å². The summed E-state index contributed by atoms with van der Waals surface area (Å²) in [5.41, 5.74) is 1.15. The Morgan fingerprint density at radius 3 is 2.74 bits per heavy atom. The van der Waals surface area contributed by atoms with Crippen molar-refractivity contribution in [2.75, 3.05) is 32.6 Å². The number of sulfonamides is 1. The first kappa shape index (κ1) is 17.8. The Morgan fingerprint density at radius 2 is 2.13 bits per heavy atom. The van der Waals surface area contributed by atoms with E-state index in [1.807, 2.05) is 0 Å². The van der Waals surface area contributed by atoms with Crippen molar-refractivity contribution >= 4 is 15.9 Å². The average Bonchev–Trinajstić information content (AvgIpc) is 2.51. The minimum absolute atomic E-state index is 0.0595. The van der Waals surface area contributed by atoms with Gasteiger partial charge in [0.15, 0.2) is 0 Å². The van der Waals surface area contributed by atoms with E-state index in [1.54, 1.807) is 25.3 Å². The van der Waals surface area contributed by atoms with Gasteiger partial charge in [-0.05, 0) is 31.9 Å². The topological polar surface area (TPSA) is 88.6 Å². The molecule has 0 unspecified atom stereocenters. The van der Waals surface area contributed by atoms with Crippen LogP contribution in [0.15, 0.2) is 18.3 Å². The maximum atomic E-state index is 12.1. The van der Waals surface area contributed by atoms with Gasteiger partial charge in [-0.2, -0.15) is 4.31 Å². The van der Waals surface area contributed by atoms with Crippen LogP contribution in [0.1, 0.15) is 28.9 Å². The summed E-state index contributed by atoms with van der Waals surface area (Å²) in [5, 5.41) is 2.77. The molecule has 1 saturated heterocycles. The van der Waals surface area contributed by atoms with Crippen molar-refractivity contribution in [1.82, 2.24) is 14.6 Å². The lowest BCUT2D eigenvalue weighted by Gasteiger charge is -2.32. The molecule has 1 aliphatic heterocycles. The van der Waals surface area contributed by atoms with Crippen LogP contribution < -0.4 is 5.32 Å². The zero-order valence-electron chi connectivity index (χ0n) is 13.5. The Kier molecular flexibility index (Phi) is 6.09. The Bertz CT molecular complexity index is 642. The number of hydrogen-bond acceptors (Lipinski definition) is 5. The third-order valence-electron chi connectivity index (χ3n) is 3.89. The van der Waals surface area contributed by atoms with Crippen molar-refractivity contribution < 1.29 is 17.9 Å². The van der Waals surface area contributed by atoms with E-state index >= 15 is 0 Å². The first-order valence-corrected chi connectivity index (χ1v) is 9.49. The standard InChI is InChI=1S/C15H23N3O4S/c1-12-14(4-3-7-16-12)15(19)17-8-9-18(23(2,20)21)13-5-10-22-11-6-13/h3-4,7,13H,5-6,8-11H2,1-2H3,(H,17,19). The first-order valence-electron chi connectivity index (χ1n) is 7.64. The highest BCUT2D eigenvalue weighted by Gasteiger charge is 2.28. The van der Waals surface area contributed by atoms with Crippen LogP contribution in [0.5, 0.6) is 0 Å². The van der Waals surface area contributed by atoms with Crippen LogP contribution in [-0.2, 0) is 14.8 Å². The quantitative estimate of drug-likeness (QED) is 0.817. The van der Waals surface area contributed by atoms with Crippen LogP contribution in [0.2, 0.25) is 0 Å². The van der Waals surface area contributed by atoms with E-state index in [-0.39, 0.29) is 25.0 Å². The first-order chi connectivity index (χ1) is 10.9. The van der Waals surface area contributed by atoms with Crippen LogP contribution in [0.4, 0.5) is 0 Å². The minimum atomic E-state index is -3.32. The van der Waals surface area contributed by atoms with E-state index in [1.165, 1.54) is 10.6 Å². The Hall–Kier alpha value is -1.51. The molecule has 128 valence electrons. The fraction of sp³-hybridized carbons (Fsp3) is 0.600. The molecule has 2 heterocycles. The average molecular weight is 341 g/mol. The molecule has 7 nitrogen and oxygen atoms in total. The molecule has 1 aromatic rings. The molecule has 23 heavy (non-hydrogen) atoms. The van der Waals surface area contributed by atoms with Gasteiger partial charge in [0.2, 0.25) is 10.0 Å². The molecule has 0 saturated carbocycles. The number of nitrogens with one attached hydrogen (secondary N) is 1. The van der Waals surface area contributed by atoms with Gasteiger partial charge in [-0.15, -0.1) is 0 Å². The van der Waals surface area contributed by atoms with E-state index in [0.29, 0.717) is 37.3 Å². The maximum absolute atomic E-state index is 12.1. The predicted molar refractivity (Wildman–Crippen MR) is 86.7 cm³/mol. The highest BCUT2D eigenvalue weighted by atomic mass is 32.2. The van der Waals surface area contributed by atoms with Crippen LogP contribution in [-0.4, -0.2) is 62.2 Å². The van der Waals surface area contributed by atoms with Gasteiger partial charge in [-0.1, -0.05) is 0 Å². The molecule has 0 aromatic carbocycles. The number of aryl methyl sites for hydroxylation is 1. The molecule has 1 aliphatic rings. The van der Waals surface area contributed by atoms with E-state index < -0.39 is 10.0 Å².